The Labute approximate surface area is 139 Å². The Morgan fingerprint density at radius 2 is 1.71 bits per heavy atom. The second-order valence-corrected chi connectivity index (χ2v) is 5.41. The van der Waals surface area contributed by atoms with E-state index in [1.807, 2.05) is 19.1 Å². The van der Waals surface area contributed by atoms with Crippen LogP contribution >= 0.6 is 0 Å². The van der Waals surface area contributed by atoms with Crippen molar-refractivity contribution >= 4 is 17.3 Å². The van der Waals surface area contributed by atoms with Gasteiger partial charge in [-0.2, -0.15) is 0 Å². The summed E-state index contributed by atoms with van der Waals surface area (Å²) in [6, 6.07) is 10.6. The third kappa shape index (κ3) is 2.54. The molecule has 0 saturated heterocycles. The molecule has 122 valence electrons. The molecule has 0 radical (unpaired) electrons. The molecular formula is C19H17NO4. The van der Waals surface area contributed by atoms with Gasteiger partial charge in [-0.05, 0) is 30.7 Å². The average Bonchev–Trinajstić information content (AvgIpc) is 2.90. The summed E-state index contributed by atoms with van der Waals surface area (Å²) < 4.78 is 10.5. The van der Waals surface area contributed by atoms with Crippen molar-refractivity contribution in [3.63, 3.8) is 0 Å². The van der Waals surface area contributed by atoms with Gasteiger partial charge in [0.1, 0.15) is 11.5 Å². The van der Waals surface area contributed by atoms with Gasteiger partial charge in [0, 0.05) is 6.08 Å². The number of carbonyl (C=O) groups excluding carboxylic acids is 2. The number of methoxy groups -OCH3 is 2. The Morgan fingerprint density at radius 3 is 2.42 bits per heavy atom. The van der Waals surface area contributed by atoms with E-state index in [-0.39, 0.29) is 17.3 Å². The highest BCUT2D eigenvalue weighted by Gasteiger charge is 2.29. The molecule has 0 aliphatic carbocycles. The maximum absolute atomic E-state index is 12.7. The summed E-state index contributed by atoms with van der Waals surface area (Å²) in [5.74, 6) is 0.419. The van der Waals surface area contributed by atoms with Gasteiger partial charge in [-0.1, -0.05) is 18.2 Å². The van der Waals surface area contributed by atoms with Gasteiger partial charge in [0.15, 0.2) is 5.78 Å². The molecule has 0 atom stereocenters. The summed E-state index contributed by atoms with van der Waals surface area (Å²) in [6.45, 7) is 1.83. The molecule has 24 heavy (non-hydrogen) atoms. The number of aryl methyl sites for hydroxylation is 1. The van der Waals surface area contributed by atoms with E-state index in [0.29, 0.717) is 28.3 Å². The number of ether oxygens (including phenoxy) is 2. The maximum Gasteiger partial charge on any atom is 0.215 e. The van der Waals surface area contributed by atoms with E-state index in [9.17, 15) is 9.59 Å². The normalized spacial score (nSPS) is 14.3. The first-order valence-corrected chi connectivity index (χ1v) is 7.45. The van der Waals surface area contributed by atoms with Gasteiger partial charge >= 0.3 is 0 Å². The number of anilines is 1. The summed E-state index contributed by atoms with van der Waals surface area (Å²) in [6.07, 6.45) is 1.31. The molecule has 5 nitrogen and oxygen atoms in total. The zero-order valence-electron chi connectivity index (χ0n) is 13.7. The van der Waals surface area contributed by atoms with Gasteiger partial charge < -0.3 is 14.8 Å². The minimum absolute atomic E-state index is 0.227. The molecular weight excluding hydrogens is 306 g/mol. The minimum atomic E-state index is -0.285. The van der Waals surface area contributed by atoms with E-state index in [0.717, 1.165) is 5.56 Å². The van der Waals surface area contributed by atoms with Crippen LogP contribution in [0, 0.1) is 6.92 Å². The first-order chi connectivity index (χ1) is 11.6. The highest BCUT2D eigenvalue weighted by atomic mass is 16.5. The number of hydrogen-bond acceptors (Lipinski definition) is 5. The number of Topliss-reactive ketones (excluding diaryl/α,β-unsaturated/α-hetero) is 1. The molecule has 0 bridgehead atoms. The Kier molecular flexibility index (Phi) is 4.08. The highest BCUT2D eigenvalue weighted by molar-refractivity contribution is 6.23. The minimum Gasteiger partial charge on any atom is -0.496 e. The number of carbonyl (C=O) groups is 2. The predicted molar refractivity (Wildman–Crippen MR) is 91.1 cm³/mol. The zero-order valence-corrected chi connectivity index (χ0v) is 13.7. The van der Waals surface area contributed by atoms with E-state index in [1.54, 1.807) is 24.3 Å². The van der Waals surface area contributed by atoms with Crippen LogP contribution in [-0.2, 0) is 0 Å². The molecule has 3 rings (SSSR count). The van der Waals surface area contributed by atoms with Crippen LogP contribution in [0.2, 0.25) is 0 Å². The third-order valence-electron chi connectivity index (χ3n) is 3.96. The van der Waals surface area contributed by atoms with E-state index >= 15 is 0 Å². The van der Waals surface area contributed by atoms with Crippen molar-refractivity contribution in [2.24, 2.45) is 0 Å². The van der Waals surface area contributed by atoms with Crippen molar-refractivity contribution in [2.45, 2.75) is 6.92 Å². The van der Waals surface area contributed by atoms with Crippen molar-refractivity contribution < 1.29 is 19.1 Å². The molecule has 1 N–H and O–H groups in total. The van der Waals surface area contributed by atoms with E-state index in [1.165, 1.54) is 20.3 Å². The summed E-state index contributed by atoms with van der Waals surface area (Å²) in [5.41, 5.74) is 2.54. The Bertz CT molecular complexity index is 868. The first-order valence-electron chi connectivity index (χ1n) is 7.45. The van der Waals surface area contributed by atoms with Crippen LogP contribution in [0.15, 0.2) is 48.2 Å². The van der Waals surface area contributed by atoms with E-state index < -0.39 is 0 Å². The molecule has 0 aromatic heterocycles. The molecule has 2 aromatic carbocycles. The van der Waals surface area contributed by atoms with E-state index in [2.05, 4.69) is 5.32 Å². The van der Waals surface area contributed by atoms with Gasteiger partial charge in [0.2, 0.25) is 5.78 Å². The SMILES string of the molecule is COc1cccc(C)c1C(=O)/C=C1\Nc2cccc(OC)c2C1=O. The van der Waals surface area contributed by atoms with Crippen LogP contribution in [0.1, 0.15) is 26.3 Å². The van der Waals surface area contributed by atoms with Crippen LogP contribution in [0.5, 0.6) is 11.5 Å². The van der Waals surface area contributed by atoms with E-state index in [4.69, 9.17) is 9.47 Å². The highest BCUT2D eigenvalue weighted by Crippen LogP contribution is 2.35. The monoisotopic (exact) mass is 323 g/mol. The van der Waals surface area contributed by atoms with Crippen LogP contribution < -0.4 is 14.8 Å². The van der Waals surface area contributed by atoms with Gasteiger partial charge in [-0.25, -0.2) is 0 Å². The number of fused-ring (bicyclic) bond motifs is 1. The predicted octanol–water partition coefficient (Wildman–Crippen LogP) is 3.39. The number of hydrogen-bond donors (Lipinski definition) is 1. The van der Waals surface area contributed by atoms with Crippen LogP contribution in [0.4, 0.5) is 5.69 Å². The summed E-state index contributed by atoms with van der Waals surface area (Å²) in [7, 11) is 3.02. The second kappa shape index (κ2) is 6.20. The lowest BCUT2D eigenvalue weighted by molar-refractivity contribution is 0.101. The Hall–Kier alpha value is -3.08. The fourth-order valence-corrected chi connectivity index (χ4v) is 2.81. The number of benzene rings is 2. The fourth-order valence-electron chi connectivity index (χ4n) is 2.81. The molecule has 0 amide bonds. The number of ketones is 2. The van der Waals surface area contributed by atoms with Crippen molar-refractivity contribution in [1.29, 1.82) is 0 Å². The van der Waals surface area contributed by atoms with Gasteiger partial charge in [-0.3, -0.25) is 9.59 Å². The topological polar surface area (TPSA) is 64.6 Å². The molecule has 1 aliphatic heterocycles. The molecule has 0 spiro atoms. The zero-order chi connectivity index (χ0) is 17.3. The van der Waals surface area contributed by atoms with Gasteiger partial charge in [0.05, 0.1) is 36.7 Å². The Balaban J connectivity index is 2.00. The molecule has 2 aromatic rings. The second-order valence-electron chi connectivity index (χ2n) is 5.41. The average molecular weight is 323 g/mol. The van der Waals surface area contributed by atoms with Gasteiger partial charge in [-0.15, -0.1) is 0 Å². The van der Waals surface area contributed by atoms with Crippen molar-refractivity contribution in [1.82, 2.24) is 0 Å². The molecule has 1 aliphatic rings. The first kappa shape index (κ1) is 15.8. The third-order valence-corrected chi connectivity index (χ3v) is 3.96. The molecule has 0 saturated carbocycles. The maximum atomic E-state index is 12.7. The smallest absolute Gasteiger partial charge is 0.215 e. The summed E-state index contributed by atoms with van der Waals surface area (Å²) in [5, 5.41) is 2.99. The van der Waals surface area contributed by atoms with Crippen LogP contribution in [0.25, 0.3) is 0 Å². The number of nitrogens with one attached hydrogen (secondary N) is 1. The lowest BCUT2D eigenvalue weighted by Gasteiger charge is -2.08. The van der Waals surface area contributed by atoms with Crippen molar-refractivity contribution in [3.05, 3.63) is 64.9 Å². The molecule has 1 heterocycles. The standard InChI is InChI=1S/C19H17NO4/c1-11-6-4-8-15(23-2)17(11)14(21)10-13-19(22)18-12(20-13)7-5-9-16(18)24-3/h4-10,20H,1-3H3/b13-10-. The quantitative estimate of drug-likeness (QED) is 0.690. The van der Waals surface area contributed by atoms with Crippen LogP contribution in [0.3, 0.4) is 0 Å². The number of rotatable bonds is 4. The fraction of sp³-hybridized carbons (Fsp3) is 0.158. The van der Waals surface area contributed by atoms with Crippen LogP contribution in [-0.4, -0.2) is 25.8 Å². The molecule has 0 fully saturated rings. The number of allylic oxidation sites excluding steroid dienone is 2. The summed E-state index contributed by atoms with van der Waals surface area (Å²) in [4.78, 5) is 25.3. The molecule has 5 heteroatoms. The Morgan fingerprint density at radius 1 is 1.04 bits per heavy atom. The van der Waals surface area contributed by atoms with Crippen molar-refractivity contribution in [3.8, 4) is 11.5 Å². The molecule has 0 unspecified atom stereocenters. The largest absolute Gasteiger partial charge is 0.496 e. The van der Waals surface area contributed by atoms with Gasteiger partial charge in [0.25, 0.3) is 0 Å². The van der Waals surface area contributed by atoms with Crippen molar-refractivity contribution in [2.75, 3.05) is 19.5 Å². The lowest BCUT2D eigenvalue weighted by atomic mass is 10.0. The lowest BCUT2D eigenvalue weighted by Crippen LogP contribution is -2.08. The summed E-state index contributed by atoms with van der Waals surface area (Å²) >= 11 is 0.